The molecule has 2 rings (SSSR count). The zero-order valence-electron chi connectivity index (χ0n) is 8.36. The first kappa shape index (κ1) is 10.9. The van der Waals surface area contributed by atoms with Crippen molar-refractivity contribution in [3.63, 3.8) is 0 Å². The van der Waals surface area contributed by atoms with Gasteiger partial charge in [-0.15, -0.1) is 11.3 Å². The van der Waals surface area contributed by atoms with Crippen molar-refractivity contribution < 1.29 is 9.90 Å². The molecule has 0 bridgehead atoms. The van der Waals surface area contributed by atoms with Crippen LogP contribution in [0.25, 0.3) is 0 Å². The summed E-state index contributed by atoms with van der Waals surface area (Å²) >= 11 is 7.10. The van der Waals surface area contributed by atoms with E-state index in [1.165, 1.54) is 11.3 Å². The summed E-state index contributed by atoms with van der Waals surface area (Å²) in [5.74, 6) is -0.0570. The fraction of sp³-hybridized carbons (Fsp3) is 0.500. The highest BCUT2D eigenvalue weighted by atomic mass is 35.5. The highest BCUT2D eigenvalue weighted by molar-refractivity contribution is 7.12. The predicted molar refractivity (Wildman–Crippen MR) is 60.5 cm³/mol. The van der Waals surface area contributed by atoms with Gasteiger partial charge in [0.05, 0.1) is 22.0 Å². The first-order chi connectivity index (χ1) is 7.09. The van der Waals surface area contributed by atoms with Crippen molar-refractivity contribution in [2.24, 2.45) is 0 Å². The van der Waals surface area contributed by atoms with Crippen LogP contribution < -0.4 is 0 Å². The van der Waals surface area contributed by atoms with Crippen LogP contribution in [0.5, 0.6) is 0 Å². The molecular weight excluding hydrogens is 234 g/mol. The van der Waals surface area contributed by atoms with E-state index >= 15 is 0 Å². The lowest BCUT2D eigenvalue weighted by molar-refractivity contribution is 0.0624. The van der Waals surface area contributed by atoms with Gasteiger partial charge in [0.15, 0.2) is 0 Å². The van der Waals surface area contributed by atoms with Crippen molar-refractivity contribution in [1.82, 2.24) is 4.90 Å². The van der Waals surface area contributed by atoms with Gasteiger partial charge in [-0.1, -0.05) is 11.6 Å². The Labute approximate surface area is 97.3 Å². The number of hydrogen-bond donors (Lipinski definition) is 1. The molecule has 3 nitrogen and oxygen atoms in total. The molecule has 0 unspecified atom stereocenters. The largest absolute Gasteiger partial charge is 0.394 e. The molecule has 0 aliphatic heterocycles. The first-order valence-corrected chi connectivity index (χ1v) is 5.98. The minimum atomic E-state index is -0.312. The summed E-state index contributed by atoms with van der Waals surface area (Å²) in [6, 6.07) is 1.67. The van der Waals surface area contributed by atoms with Gasteiger partial charge in [-0.25, -0.2) is 0 Å². The van der Waals surface area contributed by atoms with Gasteiger partial charge in [-0.2, -0.15) is 0 Å². The lowest BCUT2D eigenvalue weighted by atomic mass is 10.2. The van der Waals surface area contributed by atoms with Gasteiger partial charge in [-0.3, -0.25) is 4.79 Å². The monoisotopic (exact) mass is 245 g/mol. The SMILES string of the molecule is CN(C(=O)c1cc(Cl)cs1)C1(CO)CC1. The number of hydrogen-bond acceptors (Lipinski definition) is 3. The normalized spacial score (nSPS) is 17.5. The molecule has 1 aliphatic carbocycles. The van der Waals surface area contributed by atoms with Crippen LogP contribution >= 0.6 is 22.9 Å². The number of thiophene rings is 1. The van der Waals surface area contributed by atoms with E-state index in [2.05, 4.69) is 0 Å². The Balaban J connectivity index is 2.15. The number of halogens is 1. The van der Waals surface area contributed by atoms with Crippen molar-refractivity contribution >= 4 is 28.8 Å². The Bertz CT molecular complexity index is 387. The van der Waals surface area contributed by atoms with Crippen molar-refractivity contribution in [2.45, 2.75) is 18.4 Å². The average molecular weight is 246 g/mol. The molecule has 15 heavy (non-hydrogen) atoms. The second-order valence-electron chi connectivity index (χ2n) is 3.88. The second kappa shape index (κ2) is 3.77. The third-order valence-electron chi connectivity index (χ3n) is 2.92. The fourth-order valence-corrected chi connectivity index (χ4v) is 2.60. The van der Waals surface area contributed by atoms with Crippen LogP contribution in [0.15, 0.2) is 11.4 Å². The summed E-state index contributed by atoms with van der Waals surface area (Å²) in [6.07, 6.45) is 1.76. The molecule has 1 aliphatic rings. The van der Waals surface area contributed by atoms with E-state index in [1.54, 1.807) is 23.4 Å². The summed E-state index contributed by atoms with van der Waals surface area (Å²) in [7, 11) is 1.74. The molecule has 1 saturated carbocycles. The van der Waals surface area contributed by atoms with E-state index in [4.69, 9.17) is 11.6 Å². The van der Waals surface area contributed by atoms with Crippen LogP contribution in [0.2, 0.25) is 5.02 Å². The summed E-state index contributed by atoms with van der Waals surface area (Å²) in [6.45, 7) is 0.0361. The number of likely N-dealkylation sites (N-methyl/N-ethyl adjacent to an activating group) is 1. The van der Waals surface area contributed by atoms with Crippen molar-refractivity contribution in [3.05, 3.63) is 21.3 Å². The highest BCUT2D eigenvalue weighted by Gasteiger charge is 2.48. The molecule has 1 fully saturated rings. The lowest BCUT2D eigenvalue weighted by Crippen LogP contribution is -2.41. The maximum absolute atomic E-state index is 12.0. The maximum Gasteiger partial charge on any atom is 0.264 e. The lowest BCUT2D eigenvalue weighted by Gasteiger charge is -2.25. The van der Waals surface area contributed by atoms with Gasteiger partial charge < -0.3 is 10.0 Å². The molecule has 1 aromatic heterocycles. The Morgan fingerprint density at radius 2 is 2.40 bits per heavy atom. The molecule has 0 saturated heterocycles. The topological polar surface area (TPSA) is 40.5 Å². The van der Waals surface area contributed by atoms with Gasteiger partial charge in [0.2, 0.25) is 0 Å². The number of aliphatic hydroxyl groups excluding tert-OH is 1. The highest BCUT2D eigenvalue weighted by Crippen LogP contribution is 2.41. The van der Waals surface area contributed by atoms with Gasteiger partial charge in [0.1, 0.15) is 0 Å². The number of aliphatic hydroxyl groups is 1. The van der Waals surface area contributed by atoms with E-state index in [1.807, 2.05) is 0 Å². The van der Waals surface area contributed by atoms with Crippen molar-refractivity contribution in [1.29, 1.82) is 0 Å². The molecule has 1 N–H and O–H groups in total. The maximum atomic E-state index is 12.0. The van der Waals surface area contributed by atoms with Crippen LogP contribution in [-0.2, 0) is 0 Å². The summed E-state index contributed by atoms with van der Waals surface area (Å²) < 4.78 is 0. The number of carbonyl (C=O) groups excluding carboxylic acids is 1. The molecular formula is C10H12ClNO2S. The van der Waals surface area contributed by atoms with Crippen LogP contribution in [0.3, 0.4) is 0 Å². The van der Waals surface area contributed by atoms with Crippen LogP contribution in [0, 0.1) is 0 Å². The minimum Gasteiger partial charge on any atom is -0.394 e. The molecule has 5 heteroatoms. The second-order valence-corrected chi connectivity index (χ2v) is 5.22. The zero-order chi connectivity index (χ0) is 11.1. The molecule has 1 heterocycles. The van der Waals surface area contributed by atoms with Gasteiger partial charge in [-0.05, 0) is 18.9 Å². The van der Waals surface area contributed by atoms with E-state index in [0.717, 1.165) is 12.8 Å². The van der Waals surface area contributed by atoms with Gasteiger partial charge in [0.25, 0.3) is 5.91 Å². The number of nitrogens with zero attached hydrogens (tertiary/aromatic N) is 1. The molecule has 1 amide bonds. The average Bonchev–Trinajstić information content (AvgIpc) is 2.93. The molecule has 0 atom stereocenters. The quantitative estimate of drug-likeness (QED) is 0.885. The molecule has 1 aromatic rings. The Morgan fingerprint density at radius 3 is 2.80 bits per heavy atom. The summed E-state index contributed by atoms with van der Waals surface area (Å²) in [5.41, 5.74) is -0.312. The molecule has 82 valence electrons. The summed E-state index contributed by atoms with van der Waals surface area (Å²) in [4.78, 5) is 14.2. The standard InChI is InChI=1S/C10H12ClNO2S/c1-12(10(6-13)2-3-10)9(14)8-4-7(11)5-15-8/h4-5,13H,2-3,6H2,1H3. The molecule has 0 spiro atoms. The summed E-state index contributed by atoms with van der Waals surface area (Å²) in [5, 5.41) is 11.5. The predicted octanol–water partition coefficient (Wildman–Crippen LogP) is 2.00. The molecule has 0 radical (unpaired) electrons. The van der Waals surface area contributed by atoms with Gasteiger partial charge in [0, 0.05) is 12.4 Å². The van der Waals surface area contributed by atoms with Crippen LogP contribution in [-0.4, -0.2) is 35.1 Å². The van der Waals surface area contributed by atoms with E-state index in [9.17, 15) is 9.90 Å². The Morgan fingerprint density at radius 1 is 1.73 bits per heavy atom. The van der Waals surface area contributed by atoms with Gasteiger partial charge >= 0.3 is 0 Å². The number of carbonyl (C=O) groups is 1. The third-order valence-corrected chi connectivity index (χ3v) is 4.18. The fourth-order valence-electron chi connectivity index (χ4n) is 1.55. The molecule has 0 aromatic carbocycles. The number of rotatable bonds is 3. The zero-order valence-corrected chi connectivity index (χ0v) is 9.94. The van der Waals surface area contributed by atoms with E-state index in [0.29, 0.717) is 9.90 Å². The van der Waals surface area contributed by atoms with E-state index < -0.39 is 0 Å². The number of amides is 1. The van der Waals surface area contributed by atoms with Crippen LogP contribution in [0.4, 0.5) is 0 Å². The third kappa shape index (κ3) is 1.89. The van der Waals surface area contributed by atoms with Crippen molar-refractivity contribution in [2.75, 3.05) is 13.7 Å². The Kier molecular flexibility index (Phi) is 2.75. The van der Waals surface area contributed by atoms with Crippen LogP contribution in [0.1, 0.15) is 22.5 Å². The smallest absolute Gasteiger partial charge is 0.264 e. The minimum absolute atomic E-state index is 0.0361. The van der Waals surface area contributed by atoms with Crippen molar-refractivity contribution in [3.8, 4) is 0 Å². The Hall–Kier alpha value is -0.580. The first-order valence-electron chi connectivity index (χ1n) is 4.72. The van der Waals surface area contributed by atoms with E-state index in [-0.39, 0.29) is 18.1 Å².